The minimum Gasteiger partial charge on any atom is -0.323 e. The lowest BCUT2D eigenvalue weighted by atomic mass is 10.1. The van der Waals surface area contributed by atoms with E-state index in [1.165, 1.54) is 0 Å². The molecule has 0 fully saturated rings. The molecule has 2 aromatic heterocycles. The van der Waals surface area contributed by atoms with Crippen molar-refractivity contribution < 1.29 is 4.79 Å². The lowest BCUT2D eigenvalue weighted by molar-refractivity contribution is -0.116. The first-order valence-corrected chi connectivity index (χ1v) is 9.35. The number of amides is 1. The van der Waals surface area contributed by atoms with Crippen LogP contribution in [0.25, 0.3) is 5.69 Å². The average Bonchev–Trinajstić information content (AvgIpc) is 3.16. The molecule has 1 amide bonds. The Morgan fingerprint density at radius 2 is 1.96 bits per heavy atom. The highest BCUT2D eigenvalue weighted by Gasteiger charge is 2.18. The van der Waals surface area contributed by atoms with Gasteiger partial charge in [-0.05, 0) is 49.1 Å². The maximum atomic E-state index is 12.5. The fourth-order valence-electron chi connectivity index (χ4n) is 3.15. The first-order chi connectivity index (χ1) is 12.8. The van der Waals surface area contributed by atoms with Crippen LogP contribution in [0.3, 0.4) is 0 Å². The number of carbonyl (C=O) groups is 1. The predicted octanol–water partition coefficient (Wildman–Crippen LogP) is 4.26. The Labute approximate surface area is 164 Å². The zero-order valence-corrected chi connectivity index (χ0v) is 16.8. The first kappa shape index (κ1) is 19.2. The van der Waals surface area contributed by atoms with Crippen molar-refractivity contribution in [3.63, 3.8) is 0 Å². The Hall–Kier alpha value is -2.60. The normalized spacial score (nSPS) is 11.2. The molecule has 7 heteroatoms. The van der Waals surface area contributed by atoms with Gasteiger partial charge in [0, 0.05) is 24.7 Å². The number of nitrogens with zero attached hydrogens (tertiary/aromatic N) is 4. The molecule has 142 valence electrons. The SMILES string of the molecule is Cc1nn(C)cc1CCC(=O)Nc1cnn(-c2ccc(Cl)cc2)c1C(C)C. The molecule has 2 heterocycles. The topological polar surface area (TPSA) is 64.7 Å². The monoisotopic (exact) mass is 385 g/mol. The van der Waals surface area contributed by atoms with Gasteiger partial charge in [0.1, 0.15) is 0 Å². The fraction of sp³-hybridized carbons (Fsp3) is 0.350. The number of nitrogens with one attached hydrogen (secondary N) is 1. The number of hydrogen-bond donors (Lipinski definition) is 1. The van der Waals surface area contributed by atoms with E-state index in [2.05, 4.69) is 29.4 Å². The zero-order chi connectivity index (χ0) is 19.6. The van der Waals surface area contributed by atoms with Gasteiger partial charge in [-0.2, -0.15) is 10.2 Å². The van der Waals surface area contributed by atoms with Gasteiger partial charge >= 0.3 is 0 Å². The van der Waals surface area contributed by atoms with Crippen LogP contribution in [0.2, 0.25) is 5.02 Å². The average molecular weight is 386 g/mol. The van der Waals surface area contributed by atoms with Crippen LogP contribution < -0.4 is 5.32 Å². The lowest BCUT2D eigenvalue weighted by Crippen LogP contribution is -2.14. The highest BCUT2D eigenvalue weighted by Crippen LogP contribution is 2.27. The fourth-order valence-corrected chi connectivity index (χ4v) is 3.28. The zero-order valence-electron chi connectivity index (χ0n) is 16.0. The number of rotatable bonds is 6. The largest absolute Gasteiger partial charge is 0.323 e. The molecule has 0 spiro atoms. The molecule has 0 aliphatic heterocycles. The van der Waals surface area contributed by atoms with E-state index in [4.69, 9.17) is 11.6 Å². The van der Waals surface area contributed by atoms with Crippen molar-refractivity contribution in [3.05, 3.63) is 58.6 Å². The van der Waals surface area contributed by atoms with Crippen LogP contribution in [0.1, 0.15) is 43.1 Å². The highest BCUT2D eigenvalue weighted by molar-refractivity contribution is 6.30. The van der Waals surface area contributed by atoms with Crippen LogP contribution in [0.4, 0.5) is 5.69 Å². The minimum atomic E-state index is -0.0317. The van der Waals surface area contributed by atoms with Crippen LogP contribution in [-0.2, 0) is 18.3 Å². The molecule has 1 N–H and O–H groups in total. The molecule has 3 aromatic rings. The van der Waals surface area contributed by atoms with Gasteiger partial charge in [0.15, 0.2) is 0 Å². The summed E-state index contributed by atoms with van der Waals surface area (Å²) in [4.78, 5) is 12.5. The molecule has 0 saturated carbocycles. The summed E-state index contributed by atoms with van der Waals surface area (Å²) in [7, 11) is 1.89. The summed E-state index contributed by atoms with van der Waals surface area (Å²) < 4.78 is 3.62. The van der Waals surface area contributed by atoms with Gasteiger partial charge in [-0.15, -0.1) is 0 Å². The molecule has 3 rings (SSSR count). The van der Waals surface area contributed by atoms with Crippen molar-refractivity contribution in [2.24, 2.45) is 7.05 Å². The summed E-state index contributed by atoms with van der Waals surface area (Å²) in [5.74, 6) is 0.162. The van der Waals surface area contributed by atoms with Crippen LogP contribution in [0, 0.1) is 6.92 Å². The van der Waals surface area contributed by atoms with Gasteiger partial charge in [-0.1, -0.05) is 25.4 Å². The van der Waals surface area contributed by atoms with Crippen molar-refractivity contribution in [1.29, 1.82) is 0 Å². The number of carbonyl (C=O) groups excluding carboxylic acids is 1. The van der Waals surface area contributed by atoms with E-state index in [1.807, 2.05) is 49.1 Å². The van der Waals surface area contributed by atoms with Crippen LogP contribution in [0.15, 0.2) is 36.7 Å². The third-order valence-corrected chi connectivity index (χ3v) is 4.69. The van der Waals surface area contributed by atoms with E-state index in [0.717, 1.165) is 28.3 Å². The third kappa shape index (κ3) is 4.39. The number of halogens is 1. The Bertz CT molecular complexity index is 940. The lowest BCUT2D eigenvalue weighted by Gasteiger charge is -2.13. The Kier molecular flexibility index (Phi) is 5.65. The van der Waals surface area contributed by atoms with Crippen molar-refractivity contribution in [3.8, 4) is 5.69 Å². The maximum absolute atomic E-state index is 12.5. The van der Waals surface area contributed by atoms with E-state index in [9.17, 15) is 4.79 Å². The summed E-state index contributed by atoms with van der Waals surface area (Å²) in [5.41, 5.74) is 4.67. The molecule has 0 aliphatic rings. The molecule has 27 heavy (non-hydrogen) atoms. The molecule has 1 aromatic carbocycles. The summed E-state index contributed by atoms with van der Waals surface area (Å²) in [6.07, 6.45) is 4.72. The highest BCUT2D eigenvalue weighted by atomic mass is 35.5. The summed E-state index contributed by atoms with van der Waals surface area (Å²) in [6.45, 7) is 6.12. The van der Waals surface area contributed by atoms with Gasteiger partial charge in [0.2, 0.25) is 5.91 Å². The van der Waals surface area contributed by atoms with E-state index in [1.54, 1.807) is 10.9 Å². The van der Waals surface area contributed by atoms with Crippen LogP contribution in [0.5, 0.6) is 0 Å². The number of hydrogen-bond acceptors (Lipinski definition) is 3. The van der Waals surface area contributed by atoms with Gasteiger partial charge in [0.25, 0.3) is 0 Å². The van der Waals surface area contributed by atoms with E-state index in [0.29, 0.717) is 17.9 Å². The van der Waals surface area contributed by atoms with Crippen molar-refractivity contribution in [1.82, 2.24) is 19.6 Å². The molecule has 0 bridgehead atoms. The van der Waals surface area contributed by atoms with Crippen LogP contribution in [-0.4, -0.2) is 25.5 Å². The Morgan fingerprint density at radius 3 is 2.56 bits per heavy atom. The summed E-state index contributed by atoms with van der Waals surface area (Å²) in [5, 5.41) is 12.5. The van der Waals surface area contributed by atoms with E-state index < -0.39 is 0 Å². The van der Waals surface area contributed by atoms with Crippen molar-refractivity contribution in [2.75, 3.05) is 5.32 Å². The molecule has 0 atom stereocenters. The van der Waals surface area contributed by atoms with Gasteiger partial charge < -0.3 is 5.32 Å². The Balaban J connectivity index is 1.75. The molecule has 0 radical (unpaired) electrons. The molecule has 0 aliphatic carbocycles. The second-order valence-electron chi connectivity index (χ2n) is 6.95. The number of aromatic nitrogens is 4. The summed E-state index contributed by atoms with van der Waals surface area (Å²) in [6, 6.07) is 7.49. The van der Waals surface area contributed by atoms with Crippen LogP contribution >= 0.6 is 11.6 Å². The second kappa shape index (κ2) is 7.96. The number of aryl methyl sites for hydroxylation is 3. The van der Waals surface area contributed by atoms with Gasteiger partial charge in [-0.3, -0.25) is 9.48 Å². The maximum Gasteiger partial charge on any atom is 0.224 e. The van der Waals surface area contributed by atoms with Crippen molar-refractivity contribution in [2.45, 2.75) is 39.5 Å². The van der Waals surface area contributed by atoms with E-state index >= 15 is 0 Å². The standard InChI is InChI=1S/C20H24ClN5O/c1-13(2)20-18(11-22-26(20)17-8-6-16(21)7-9-17)23-19(27)10-5-15-12-25(4)24-14(15)3/h6-9,11-13H,5,10H2,1-4H3,(H,23,27). The molecule has 0 saturated heterocycles. The second-order valence-corrected chi connectivity index (χ2v) is 7.38. The summed E-state index contributed by atoms with van der Waals surface area (Å²) >= 11 is 5.98. The first-order valence-electron chi connectivity index (χ1n) is 8.98. The van der Waals surface area contributed by atoms with Crippen molar-refractivity contribution >= 4 is 23.2 Å². The molecular formula is C20H24ClN5O. The number of benzene rings is 1. The quantitative estimate of drug-likeness (QED) is 0.689. The van der Waals surface area contributed by atoms with Gasteiger partial charge in [-0.25, -0.2) is 4.68 Å². The molecular weight excluding hydrogens is 362 g/mol. The smallest absolute Gasteiger partial charge is 0.224 e. The molecule has 0 unspecified atom stereocenters. The predicted molar refractivity (Wildman–Crippen MR) is 108 cm³/mol. The van der Waals surface area contributed by atoms with Gasteiger partial charge in [0.05, 0.1) is 29.0 Å². The Morgan fingerprint density at radius 1 is 1.26 bits per heavy atom. The molecule has 6 nitrogen and oxygen atoms in total. The van der Waals surface area contributed by atoms with E-state index in [-0.39, 0.29) is 11.8 Å². The third-order valence-electron chi connectivity index (χ3n) is 4.44. The number of anilines is 1. The minimum absolute atomic E-state index is 0.0317.